The number of aromatic nitrogens is 1. The first-order valence-corrected chi connectivity index (χ1v) is 5.38. The Morgan fingerprint density at radius 3 is 3.12 bits per heavy atom. The van der Waals surface area contributed by atoms with E-state index in [9.17, 15) is 4.79 Å². The van der Waals surface area contributed by atoms with Gasteiger partial charge in [-0.05, 0) is 12.5 Å². The van der Waals surface area contributed by atoms with Gasteiger partial charge in [-0.1, -0.05) is 0 Å². The van der Waals surface area contributed by atoms with Gasteiger partial charge in [-0.25, -0.2) is 4.98 Å². The van der Waals surface area contributed by atoms with Crippen molar-refractivity contribution in [3.05, 3.63) is 17.8 Å². The zero-order valence-electron chi connectivity index (χ0n) is 9.23. The molecule has 1 aromatic heterocycles. The highest BCUT2D eigenvalue weighted by molar-refractivity contribution is 5.77. The van der Waals surface area contributed by atoms with E-state index in [0.29, 0.717) is 30.0 Å². The van der Waals surface area contributed by atoms with E-state index >= 15 is 0 Å². The number of hydrogen-bond acceptors (Lipinski definition) is 5. The molecule has 6 heteroatoms. The van der Waals surface area contributed by atoms with Gasteiger partial charge in [0, 0.05) is 25.2 Å². The number of nitrogens with two attached hydrogens (primary N) is 1. The summed E-state index contributed by atoms with van der Waals surface area (Å²) in [5.74, 6) is 0.569. The minimum atomic E-state index is 0.0646. The third kappa shape index (κ3) is 2.45. The van der Waals surface area contributed by atoms with Gasteiger partial charge in [0.15, 0.2) is 5.82 Å². The van der Waals surface area contributed by atoms with Crippen LogP contribution in [0.1, 0.15) is 18.4 Å². The van der Waals surface area contributed by atoms with Crippen LogP contribution in [0.15, 0.2) is 12.3 Å². The molecule has 0 aliphatic carbocycles. The number of carbonyl (C=O) groups excluding carboxylic acids is 1. The van der Waals surface area contributed by atoms with Crippen LogP contribution in [-0.4, -0.2) is 23.5 Å². The number of anilines is 2. The highest BCUT2D eigenvalue weighted by Crippen LogP contribution is 2.21. The van der Waals surface area contributed by atoms with Crippen LogP contribution in [0.2, 0.25) is 0 Å². The lowest BCUT2D eigenvalue weighted by Crippen LogP contribution is -2.42. The van der Waals surface area contributed by atoms with Crippen molar-refractivity contribution in [2.45, 2.75) is 18.9 Å². The first-order chi connectivity index (χ1) is 8.20. The molecule has 2 heterocycles. The van der Waals surface area contributed by atoms with E-state index in [1.165, 1.54) is 0 Å². The molecule has 1 aliphatic heterocycles. The quantitative estimate of drug-likeness (QED) is 0.675. The second kappa shape index (κ2) is 4.70. The highest BCUT2D eigenvalue weighted by atomic mass is 16.1. The number of nitrogens with zero attached hydrogens (tertiary/aromatic N) is 2. The highest BCUT2D eigenvalue weighted by Gasteiger charge is 2.19. The van der Waals surface area contributed by atoms with Crippen LogP contribution in [-0.2, 0) is 4.79 Å². The Morgan fingerprint density at radius 2 is 2.47 bits per heavy atom. The first kappa shape index (κ1) is 11.2. The number of hydrogen-bond donors (Lipinski definition) is 3. The maximum absolute atomic E-state index is 11.0. The van der Waals surface area contributed by atoms with Crippen LogP contribution in [0.3, 0.4) is 0 Å². The third-order valence-electron chi connectivity index (χ3n) is 2.72. The maximum atomic E-state index is 11.0. The lowest BCUT2D eigenvalue weighted by atomic mass is 10.1. The predicted octanol–water partition coefficient (Wildman–Crippen LogP) is 0.226. The van der Waals surface area contributed by atoms with Crippen molar-refractivity contribution in [3.63, 3.8) is 0 Å². The van der Waals surface area contributed by atoms with Crippen LogP contribution in [0, 0.1) is 11.3 Å². The Bertz CT molecular complexity index is 469. The minimum absolute atomic E-state index is 0.0646. The van der Waals surface area contributed by atoms with Gasteiger partial charge in [0.2, 0.25) is 5.91 Å². The summed E-state index contributed by atoms with van der Waals surface area (Å²) in [5.41, 5.74) is 6.56. The second-order valence-electron chi connectivity index (χ2n) is 3.92. The average molecular weight is 231 g/mol. The molecule has 2 rings (SSSR count). The molecule has 4 N–H and O–H groups in total. The molecule has 17 heavy (non-hydrogen) atoms. The number of amides is 1. The molecule has 1 aliphatic rings. The fraction of sp³-hybridized carbons (Fsp3) is 0.364. The van der Waals surface area contributed by atoms with Gasteiger partial charge in [-0.3, -0.25) is 4.79 Å². The van der Waals surface area contributed by atoms with Crippen molar-refractivity contribution in [2.75, 3.05) is 17.6 Å². The van der Waals surface area contributed by atoms with E-state index in [2.05, 4.69) is 15.6 Å². The van der Waals surface area contributed by atoms with Crippen molar-refractivity contribution in [1.82, 2.24) is 10.3 Å². The van der Waals surface area contributed by atoms with Crippen molar-refractivity contribution in [3.8, 4) is 6.07 Å². The summed E-state index contributed by atoms with van der Waals surface area (Å²) in [6.07, 6.45) is 2.78. The smallest absolute Gasteiger partial charge is 0.220 e. The number of nitriles is 1. The number of piperidine rings is 1. The molecule has 0 spiro atoms. The van der Waals surface area contributed by atoms with Crippen LogP contribution >= 0.6 is 0 Å². The second-order valence-corrected chi connectivity index (χ2v) is 3.92. The van der Waals surface area contributed by atoms with E-state index in [4.69, 9.17) is 11.0 Å². The minimum Gasteiger partial charge on any atom is -0.395 e. The lowest BCUT2D eigenvalue weighted by Gasteiger charge is -2.24. The maximum Gasteiger partial charge on any atom is 0.220 e. The van der Waals surface area contributed by atoms with Gasteiger partial charge < -0.3 is 16.4 Å². The molecular formula is C11H13N5O. The molecule has 1 amide bonds. The molecular weight excluding hydrogens is 218 g/mol. The van der Waals surface area contributed by atoms with Crippen molar-refractivity contribution < 1.29 is 4.79 Å². The van der Waals surface area contributed by atoms with E-state index < -0.39 is 0 Å². The normalized spacial score (nSPS) is 19.2. The topological polar surface area (TPSA) is 104 Å². The van der Waals surface area contributed by atoms with Crippen molar-refractivity contribution >= 4 is 17.4 Å². The summed E-state index contributed by atoms with van der Waals surface area (Å²) >= 11 is 0. The molecule has 6 nitrogen and oxygen atoms in total. The van der Waals surface area contributed by atoms with Gasteiger partial charge in [0.25, 0.3) is 0 Å². The summed E-state index contributed by atoms with van der Waals surface area (Å²) in [4.78, 5) is 15.1. The van der Waals surface area contributed by atoms with Crippen LogP contribution < -0.4 is 16.4 Å². The lowest BCUT2D eigenvalue weighted by molar-refractivity contribution is -0.122. The SMILES string of the molecule is N#Cc1ccnc(NC2CCC(=O)NC2)c1N. The molecule has 1 saturated heterocycles. The van der Waals surface area contributed by atoms with E-state index in [-0.39, 0.29) is 11.9 Å². The number of pyridine rings is 1. The Balaban J connectivity index is 2.09. The fourth-order valence-corrected chi connectivity index (χ4v) is 1.74. The van der Waals surface area contributed by atoms with Gasteiger partial charge in [-0.2, -0.15) is 5.26 Å². The molecule has 0 bridgehead atoms. The number of nitrogens with one attached hydrogen (secondary N) is 2. The molecule has 88 valence electrons. The van der Waals surface area contributed by atoms with Gasteiger partial charge in [0.05, 0.1) is 11.3 Å². The van der Waals surface area contributed by atoms with Crippen LogP contribution in [0.25, 0.3) is 0 Å². The molecule has 1 unspecified atom stereocenters. The Hall–Kier alpha value is -2.29. The molecule has 1 aromatic rings. The number of nitrogen functional groups attached to an aromatic ring is 1. The van der Waals surface area contributed by atoms with E-state index in [1.54, 1.807) is 12.3 Å². The summed E-state index contributed by atoms with van der Waals surface area (Å²) in [6, 6.07) is 3.69. The van der Waals surface area contributed by atoms with Crippen molar-refractivity contribution in [2.24, 2.45) is 0 Å². The monoisotopic (exact) mass is 231 g/mol. The van der Waals surface area contributed by atoms with Crippen LogP contribution in [0.4, 0.5) is 11.5 Å². The predicted molar refractivity (Wildman–Crippen MR) is 63.0 cm³/mol. The summed E-state index contributed by atoms with van der Waals surface area (Å²) in [7, 11) is 0. The summed E-state index contributed by atoms with van der Waals surface area (Å²) in [6.45, 7) is 0.552. The van der Waals surface area contributed by atoms with Crippen molar-refractivity contribution in [1.29, 1.82) is 5.26 Å². The molecule has 0 aromatic carbocycles. The molecule has 0 saturated carbocycles. The molecule has 1 atom stereocenters. The zero-order valence-corrected chi connectivity index (χ0v) is 9.23. The molecule has 0 radical (unpaired) electrons. The standard InChI is InChI=1S/C11H13N5O/c12-5-7-3-4-14-11(10(7)13)16-8-1-2-9(17)15-6-8/h3-4,8H,1-2,6,13H2,(H,14,16)(H,15,17). The van der Waals surface area contributed by atoms with E-state index in [0.717, 1.165) is 6.42 Å². The van der Waals surface area contributed by atoms with Gasteiger partial charge in [0.1, 0.15) is 6.07 Å². The van der Waals surface area contributed by atoms with Gasteiger partial charge >= 0.3 is 0 Å². The zero-order chi connectivity index (χ0) is 12.3. The average Bonchev–Trinajstić information content (AvgIpc) is 2.35. The largest absolute Gasteiger partial charge is 0.395 e. The number of rotatable bonds is 2. The first-order valence-electron chi connectivity index (χ1n) is 5.38. The Labute approximate surface area is 98.8 Å². The summed E-state index contributed by atoms with van der Waals surface area (Å²) < 4.78 is 0. The Kier molecular flexibility index (Phi) is 3.10. The Morgan fingerprint density at radius 1 is 1.65 bits per heavy atom. The molecule has 1 fully saturated rings. The summed E-state index contributed by atoms with van der Waals surface area (Å²) in [5, 5.41) is 14.7. The van der Waals surface area contributed by atoms with Crippen LogP contribution in [0.5, 0.6) is 0 Å². The third-order valence-corrected chi connectivity index (χ3v) is 2.72. The van der Waals surface area contributed by atoms with E-state index in [1.807, 2.05) is 6.07 Å². The fourth-order valence-electron chi connectivity index (χ4n) is 1.74. The number of carbonyl (C=O) groups is 1. The van der Waals surface area contributed by atoms with Gasteiger partial charge in [-0.15, -0.1) is 0 Å².